The number of carbonyl (C=O) groups excluding carboxylic acids is 1. The van der Waals surface area contributed by atoms with Crippen LogP contribution in [0.15, 0.2) is 30.8 Å². The summed E-state index contributed by atoms with van der Waals surface area (Å²) in [6, 6.07) is 7.33. The van der Waals surface area contributed by atoms with Crippen molar-refractivity contribution >= 4 is 11.4 Å². The average Bonchev–Trinajstić information content (AvgIpc) is 2.27. The van der Waals surface area contributed by atoms with Crippen LogP contribution in [-0.2, 0) is 4.79 Å². The third-order valence-corrected chi connectivity index (χ3v) is 2.10. The standard InChI is InChI=1S/C12H14O2/c1-4-12(13)9(2)10-5-7-11(14-3)8-6-10/h5-8H,2,4H2,1,3H3. The molecule has 2 heteroatoms. The Morgan fingerprint density at radius 2 is 1.93 bits per heavy atom. The van der Waals surface area contributed by atoms with Gasteiger partial charge in [-0.15, -0.1) is 0 Å². The molecular weight excluding hydrogens is 176 g/mol. The molecule has 0 heterocycles. The summed E-state index contributed by atoms with van der Waals surface area (Å²) in [5.41, 5.74) is 1.42. The van der Waals surface area contributed by atoms with Crippen molar-refractivity contribution in [2.75, 3.05) is 7.11 Å². The Morgan fingerprint density at radius 1 is 1.36 bits per heavy atom. The summed E-state index contributed by atoms with van der Waals surface area (Å²) in [5.74, 6) is 0.862. The minimum absolute atomic E-state index is 0.0789. The lowest BCUT2D eigenvalue weighted by atomic mass is 10.0. The van der Waals surface area contributed by atoms with Crippen molar-refractivity contribution in [3.63, 3.8) is 0 Å². The first-order valence-corrected chi connectivity index (χ1v) is 4.55. The quantitative estimate of drug-likeness (QED) is 0.682. The van der Waals surface area contributed by atoms with Gasteiger partial charge in [0.1, 0.15) is 5.75 Å². The molecule has 14 heavy (non-hydrogen) atoms. The lowest BCUT2D eigenvalue weighted by Crippen LogP contribution is -1.97. The molecule has 1 aromatic carbocycles. The zero-order valence-electron chi connectivity index (χ0n) is 8.54. The van der Waals surface area contributed by atoms with Gasteiger partial charge in [0.05, 0.1) is 7.11 Å². The van der Waals surface area contributed by atoms with Gasteiger partial charge in [-0.3, -0.25) is 4.79 Å². The Balaban J connectivity index is 2.87. The molecule has 0 unspecified atom stereocenters. The summed E-state index contributed by atoms with van der Waals surface area (Å²) < 4.78 is 5.02. The van der Waals surface area contributed by atoms with Gasteiger partial charge < -0.3 is 4.74 Å². The predicted octanol–water partition coefficient (Wildman–Crippen LogP) is 2.69. The van der Waals surface area contributed by atoms with Crippen LogP contribution in [0.5, 0.6) is 5.75 Å². The maximum atomic E-state index is 11.3. The maximum absolute atomic E-state index is 11.3. The number of allylic oxidation sites excluding steroid dienone is 1. The van der Waals surface area contributed by atoms with Gasteiger partial charge in [-0.1, -0.05) is 25.6 Å². The number of ketones is 1. The summed E-state index contributed by atoms with van der Waals surface area (Å²) in [4.78, 5) is 11.3. The van der Waals surface area contributed by atoms with E-state index in [0.29, 0.717) is 12.0 Å². The lowest BCUT2D eigenvalue weighted by molar-refractivity contribution is -0.113. The first-order valence-electron chi connectivity index (χ1n) is 4.55. The molecule has 0 amide bonds. The highest BCUT2D eigenvalue weighted by Crippen LogP contribution is 2.18. The monoisotopic (exact) mass is 190 g/mol. The Bertz CT molecular complexity index is 336. The van der Waals surface area contributed by atoms with E-state index in [1.807, 2.05) is 31.2 Å². The van der Waals surface area contributed by atoms with Gasteiger partial charge >= 0.3 is 0 Å². The third-order valence-electron chi connectivity index (χ3n) is 2.10. The molecule has 0 N–H and O–H groups in total. The summed E-state index contributed by atoms with van der Waals surface area (Å²) >= 11 is 0. The van der Waals surface area contributed by atoms with E-state index in [1.165, 1.54) is 0 Å². The average molecular weight is 190 g/mol. The summed E-state index contributed by atoms with van der Waals surface area (Å²) in [7, 11) is 1.61. The molecule has 0 radical (unpaired) electrons. The van der Waals surface area contributed by atoms with Crippen molar-refractivity contribution in [3.8, 4) is 5.75 Å². The number of rotatable bonds is 4. The highest BCUT2D eigenvalue weighted by molar-refractivity contribution is 6.19. The predicted molar refractivity (Wildman–Crippen MR) is 57.3 cm³/mol. The first-order chi connectivity index (χ1) is 6.69. The molecular formula is C12H14O2. The van der Waals surface area contributed by atoms with Gasteiger partial charge in [-0.05, 0) is 17.7 Å². The van der Waals surface area contributed by atoms with E-state index in [1.54, 1.807) is 7.11 Å². The van der Waals surface area contributed by atoms with Crippen LogP contribution in [0.4, 0.5) is 0 Å². The highest BCUT2D eigenvalue weighted by atomic mass is 16.5. The number of hydrogen-bond acceptors (Lipinski definition) is 2. The zero-order valence-corrected chi connectivity index (χ0v) is 8.54. The lowest BCUT2D eigenvalue weighted by Gasteiger charge is -2.04. The molecule has 2 nitrogen and oxygen atoms in total. The SMILES string of the molecule is C=C(C(=O)CC)c1ccc(OC)cc1. The van der Waals surface area contributed by atoms with Crippen molar-refractivity contribution in [1.29, 1.82) is 0 Å². The molecule has 0 fully saturated rings. The van der Waals surface area contributed by atoms with Crippen LogP contribution in [0.2, 0.25) is 0 Å². The summed E-state index contributed by atoms with van der Waals surface area (Å²) in [5, 5.41) is 0. The number of Topliss-reactive ketones (excluding diaryl/α,β-unsaturated/α-hetero) is 1. The molecule has 1 aromatic rings. The van der Waals surface area contributed by atoms with Crippen LogP contribution in [0.3, 0.4) is 0 Å². The van der Waals surface area contributed by atoms with Gasteiger partial charge in [-0.25, -0.2) is 0 Å². The summed E-state index contributed by atoms with van der Waals surface area (Å²) in [6.45, 7) is 5.59. The van der Waals surface area contributed by atoms with Crippen molar-refractivity contribution in [2.24, 2.45) is 0 Å². The van der Waals surface area contributed by atoms with E-state index in [-0.39, 0.29) is 5.78 Å². The number of benzene rings is 1. The van der Waals surface area contributed by atoms with Crippen LogP contribution < -0.4 is 4.74 Å². The molecule has 0 aromatic heterocycles. The Morgan fingerprint density at radius 3 is 2.36 bits per heavy atom. The van der Waals surface area contributed by atoms with Crippen LogP contribution in [0.25, 0.3) is 5.57 Å². The molecule has 0 atom stereocenters. The Hall–Kier alpha value is -1.57. The smallest absolute Gasteiger partial charge is 0.162 e. The molecule has 0 aliphatic heterocycles. The normalized spacial score (nSPS) is 9.57. The fourth-order valence-electron chi connectivity index (χ4n) is 1.17. The van der Waals surface area contributed by atoms with Crippen molar-refractivity contribution in [3.05, 3.63) is 36.4 Å². The fourth-order valence-corrected chi connectivity index (χ4v) is 1.17. The van der Waals surface area contributed by atoms with E-state index in [4.69, 9.17) is 4.74 Å². The van der Waals surface area contributed by atoms with Crippen LogP contribution >= 0.6 is 0 Å². The van der Waals surface area contributed by atoms with E-state index in [2.05, 4.69) is 6.58 Å². The van der Waals surface area contributed by atoms with E-state index in [9.17, 15) is 4.79 Å². The molecule has 0 aliphatic rings. The molecule has 0 saturated carbocycles. The van der Waals surface area contributed by atoms with Gasteiger partial charge in [0, 0.05) is 12.0 Å². The highest BCUT2D eigenvalue weighted by Gasteiger charge is 2.06. The second-order valence-corrected chi connectivity index (χ2v) is 2.98. The molecule has 0 spiro atoms. The van der Waals surface area contributed by atoms with Crippen molar-refractivity contribution < 1.29 is 9.53 Å². The van der Waals surface area contributed by atoms with Gasteiger partial charge in [0.15, 0.2) is 5.78 Å². The van der Waals surface area contributed by atoms with Crippen LogP contribution in [-0.4, -0.2) is 12.9 Å². The number of ether oxygens (including phenoxy) is 1. The number of hydrogen-bond donors (Lipinski definition) is 0. The minimum atomic E-state index is 0.0789. The van der Waals surface area contributed by atoms with Crippen molar-refractivity contribution in [1.82, 2.24) is 0 Å². The number of methoxy groups -OCH3 is 1. The molecule has 74 valence electrons. The molecule has 0 bridgehead atoms. The summed E-state index contributed by atoms with van der Waals surface area (Å²) in [6.07, 6.45) is 0.491. The van der Waals surface area contributed by atoms with Crippen LogP contribution in [0, 0.1) is 0 Å². The minimum Gasteiger partial charge on any atom is -0.497 e. The fraction of sp³-hybridized carbons (Fsp3) is 0.250. The number of carbonyl (C=O) groups is 1. The van der Waals surface area contributed by atoms with Crippen LogP contribution in [0.1, 0.15) is 18.9 Å². The Kier molecular flexibility index (Phi) is 3.46. The first kappa shape index (κ1) is 10.5. The molecule has 1 rings (SSSR count). The topological polar surface area (TPSA) is 26.3 Å². The Labute approximate surface area is 84.2 Å². The van der Waals surface area contributed by atoms with E-state index < -0.39 is 0 Å². The third kappa shape index (κ3) is 2.22. The zero-order chi connectivity index (χ0) is 10.6. The van der Waals surface area contributed by atoms with E-state index in [0.717, 1.165) is 11.3 Å². The van der Waals surface area contributed by atoms with E-state index >= 15 is 0 Å². The van der Waals surface area contributed by atoms with Crippen molar-refractivity contribution in [2.45, 2.75) is 13.3 Å². The second-order valence-electron chi connectivity index (χ2n) is 2.98. The molecule has 0 aliphatic carbocycles. The van der Waals surface area contributed by atoms with Gasteiger partial charge in [-0.2, -0.15) is 0 Å². The molecule has 0 saturated heterocycles. The maximum Gasteiger partial charge on any atom is 0.162 e. The second kappa shape index (κ2) is 4.61. The van der Waals surface area contributed by atoms with Gasteiger partial charge in [0.2, 0.25) is 0 Å². The van der Waals surface area contributed by atoms with Gasteiger partial charge in [0.25, 0.3) is 0 Å². The largest absolute Gasteiger partial charge is 0.497 e.